The van der Waals surface area contributed by atoms with Gasteiger partial charge in [0.25, 0.3) is 0 Å². The lowest BCUT2D eigenvalue weighted by molar-refractivity contribution is 0.684. The minimum atomic E-state index is -0.919. The highest BCUT2D eigenvalue weighted by Gasteiger charge is 2.11. The molecule has 68 valence electrons. The lowest BCUT2D eigenvalue weighted by atomic mass is 10.0. The molecule has 0 aliphatic carbocycles. The smallest absolute Gasteiger partial charge is 0.0827 e. The van der Waals surface area contributed by atoms with Gasteiger partial charge in [-0.1, -0.05) is 30.3 Å². The number of hydrogen-bond acceptors (Lipinski definition) is 2. The van der Waals surface area contributed by atoms with E-state index in [-0.39, 0.29) is 5.92 Å². The van der Waals surface area contributed by atoms with Crippen molar-refractivity contribution >= 4 is 10.8 Å². The number of benzene rings is 1. The molecule has 1 rings (SSSR count). The molecule has 0 spiro atoms. The van der Waals surface area contributed by atoms with E-state index in [1.54, 1.807) is 6.26 Å². The SMILES string of the molecule is CS(=O)CC(C#N)c1ccccc1. The van der Waals surface area contributed by atoms with Gasteiger partial charge in [-0.25, -0.2) is 0 Å². The average molecular weight is 193 g/mol. The molecule has 0 saturated heterocycles. The molecule has 1 aromatic carbocycles. The van der Waals surface area contributed by atoms with Crippen molar-refractivity contribution in [1.29, 1.82) is 5.26 Å². The van der Waals surface area contributed by atoms with Crippen LogP contribution in [0.15, 0.2) is 30.3 Å². The number of nitriles is 1. The average Bonchev–Trinajstić information content (AvgIpc) is 2.15. The fourth-order valence-electron chi connectivity index (χ4n) is 1.13. The van der Waals surface area contributed by atoms with Crippen LogP contribution in [0.5, 0.6) is 0 Å². The van der Waals surface area contributed by atoms with Crippen molar-refractivity contribution in [3.63, 3.8) is 0 Å². The van der Waals surface area contributed by atoms with Gasteiger partial charge in [0.2, 0.25) is 0 Å². The van der Waals surface area contributed by atoms with Gasteiger partial charge in [0.15, 0.2) is 0 Å². The van der Waals surface area contributed by atoms with Gasteiger partial charge in [0, 0.05) is 22.8 Å². The summed E-state index contributed by atoms with van der Waals surface area (Å²) in [4.78, 5) is 0. The van der Waals surface area contributed by atoms with Crippen molar-refractivity contribution in [2.45, 2.75) is 5.92 Å². The highest BCUT2D eigenvalue weighted by molar-refractivity contribution is 7.84. The third kappa shape index (κ3) is 3.00. The summed E-state index contributed by atoms with van der Waals surface area (Å²) in [7, 11) is -0.919. The molecule has 0 N–H and O–H groups in total. The van der Waals surface area contributed by atoms with Gasteiger partial charge in [0.1, 0.15) is 0 Å². The van der Waals surface area contributed by atoms with E-state index < -0.39 is 10.8 Å². The Morgan fingerprint density at radius 1 is 1.46 bits per heavy atom. The molecule has 0 fully saturated rings. The fraction of sp³-hybridized carbons (Fsp3) is 0.300. The molecule has 0 amide bonds. The van der Waals surface area contributed by atoms with Gasteiger partial charge in [-0.2, -0.15) is 5.26 Å². The molecular weight excluding hydrogens is 182 g/mol. The maximum Gasteiger partial charge on any atom is 0.0827 e. The number of nitrogens with zero attached hydrogens (tertiary/aromatic N) is 1. The Labute approximate surface area is 80.7 Å². The molecule has 3 heteroatoms. The van der Waals surface area contributed by atoms with Crippen LogP contribution >= 0.6 is 0 Å². The van der Waals surface area contributed by atoms with Crippen molar-refractivity contribution in [2.24, 2.45) is 0 Å². The fourth-order valence-corrected chi connectivity index (χ4v) is 1.86. The summed E-state index contributed by atoms with van der Waals surface area (Å²) < 4.78 is 10.9. The Balaban J connectivity index is 2.80. The maximum absolute atomic E-state index is 10.9. The first kappa shape index (κ1) is 9.94. The van der Waals surface area contributed by atoms with Gasteiger partial charge >= 0.3 is 0 Å². The molecule has 13 heavy (non-hydrogen) atoms. The number of hydrogen-bond donors (Lipinski definition) is 0. The summed E-state index contributed by atoms with van der Waals surface area (Å²) in [6, 6.07) is 11.6. The van der Waals surface area contributed by atoms with Gasteiger partial charge in [0.05, 0.1) is 12.0 Å². The van der Waals surface area contributed by atoms with Crippen LogP contribution in [0.1, 0.15) is 11.5 Å². The summed E-state index contributed by atoms with van der Waals surface area (Å²) in [6.07, 6.45) is 1.62. The number of rotatable bonds is 3. The largest absolute Gasteiger partial charge is 0.260 e. The van der Waals surface area contributed by atoms with Gasteiger partial charge in [-0.05, 0) is 5.56 Å². The second kappa shape index (κ2) is 4.78. The molecule has 2 unspecified atom stereocenters. The van der Waals surface area contributed by atoms with Gasteiger partial charge < -0.3 is 0 Å². The second-order valence-corrected chi connectivity index (χ2v) is 4.31. The monoisotopic (exact) mass is 193 g/mol. The van der Waals surface area contributed by atoms with Crippen molar-refractivity contribution in [1.82, 2.24) is 0 Å². The summed E-state index contributed by atoms with van der Waals surface area (Å²) in [6.45, 7) is 0. The Bertz CT molecular complexity index is 329. The molecule has 0 radical (unpaired) electrons. The molecule has 0 aromatic heterocycles. The Morgan fingerprint density at radius 3 is 2.54 bits per heavy atom. The molecule has 0 aliphatic rings. The van der Waals surface area contributed by atoms with Crippen LogP contribution < -0.4 is 0 Å². The highest BCUT2D eigenvalue weighted by Crippen LogP contribution is 2.14. The lowest BCUT2D eigenvalue weighted by Crippen LogP contribution is -2.06. The first-order chi connectivity index (χ1) is 6.24. The second-order valence-electron chi connectivity index (χ2n) is 2.83. The Morgan fingerprint density at radius 2 is 2.08 bits per heavy atom. The topological polar surface area (TPSA) is 40.9 Å². The van der Waals surface area contributed by atoms with E-state index in [1.165, 1.54) is 0 Å². The van der Waals surface area contributed by atoms with Crippen molar-refractivity contribution in [3.8, 4) is 6.07 Å². The zero-order valence-corrected chi connectivity index (χ0v) is 8.25. The predicted octanol–water partition coefficient (Wildman–Crippen LogP) is 1.67. The summed E-state index contributed by atoms with van der Waals surface area (Å²) in [5.41, 5.74) is 0.945. The van der Waals surface area contributed by atoms with Crippen molar-refractivity contribution in [2.75, 3.05) is 12.0 Å². The summed E-state index contributed by atoms with van der Waals surface area (Å²) >= 11 is 0. The van der Waals surface area contributed by atoms with Crippen LogP contribution in [0.3, 0.4) is 0 Å². The Hall–Kier alpha value is -1.14. The summed E-state index contributed by atoms with van der Waals surface area (Å²) in [5, 5.41) is 8.84. The molecule has 0 saturated carbocycles. The zero-order valence-electron chi connectivity index (χ0n) is 7.43. The van der Waals surface area contributed by atoms with Crippen molar-refractivity contribution < 1.29 is 4.21 Å². The minimum Gasteiger partial charge on any atom is -0.260 e. The molecule has 2 atom stereocenters. The standard InChI is InChI=1S/C10H11NOS/c1-13(12)8-10(7-11)9-5-3-2-4-6-9/h2-6,10H,8H2,1H3. The third-order valence-corrected chi connectivity index (χ3v) is 2.56. The predicted molar refractivity (Wildman–Crippen MR) is 53.7 cm³/mol. The van der Waals surface area contributed by atoms with Crippen LogP contribution in [-0.2, 0) is 10.8 Å². The van der Waals surface area contributed by atoms with Gasteiger partial charge in [-0.15, -0.1) is 0 Å². The molecular formula is C10H11NOS. The molecule has 0 heterocycles. The molecule has 1 aromatic rings. The van der Waals surface area contributed by atoms with E-state index in [2.05, 4.69) is 6.07 Å². The molecule has 2 nitrogen and oxygen atoms in total. The van der Waals surface area contributed by atoms with E-state index in [0.717, 1.165) is 5.56 Å². The van der Waals surface area contributed by atoms with E-state index in [1.807, 2.05) is 30.3 Å². The summed E-state index contributed by atoms with van der Waals surface area (Å²) in [5.74, 6) is 0.174. The maximum atomic E-state index is 10.9. The van der Waals surface area contributed by atoms with Gasteiger partial charge in [-0.3, -0.25) is 4.21 Å². The zero-order chi connectivity index (χ0) is 9.68. The van der Waals surface area contributed by atoms with Crippen LogP contribution in [0.2, 0.25) is 0 Å². The van der Waals surface area contributed by atoms with Crippen LogP contribution in [0, 0.1) is 11.3 Å². The lowest BCUT2D eigenvalue weighted by Gasteiger charge is -2.06. The first-order valence-electron chi connectivity index (χ1n) is 3.98. The first-order valence-corrected chi connectivity index (χ1v) is 5.71. The van der Waals surface area contributed by atoms with Crippen LogP contribution in [0.4, 0.5) is 0 Å². The van der Waals surface area contributed by atoms with E-state index >= 15 is 0 Å². The quantitative estimate of drug-likeness (QED) is 0.732. The van der Waals surface area contributed by atoms with Crippen LogP contribution in [-0.4, -0.2) is 16.2 Å². The van der Waals surface area contributed by atoms with Crippen LogP contribution in [0.25, 0.3) is 0 Å². The normalized spacial score (nSPS) is 14.5. The Kier molecular flexibility index (Phi) is 3.66. The van der Waals surface area contributed by atoms with E-state index in [0.29, 0.717) is 5.75 Å². The highest BCUT2D eigenvalue weighted by atomic mass is 32.2. The van der Waals surface area contributed by atoms with Crippen molar-refractivity contribution in [3.05, 3.63) is 35.9 Å². The van der Waals surface area contributed by atoms with E-state index in [9.17, 15) is 4.21 Å². The minimum absolute atomic E-state index is 0.243. The third-order valence-electron chi connectivity index (χ3n) is 1.76. The molecule has 0 aliphatic heterocycles. The van der Waals surface area contributed by atoms with E-state index in [4.69, 9.17) is 5.26 Å². The molecule has 0 bridgehead atoms.